The number of hydrogen-bond donors (Lipinski definition) is 3. The zero-order valence-electron chi connectivity index (χ0n) is 4.42. The maximum atomic E-state index is 9.10. The number of rotatable bonds is 0. The molecule has 0 saturated carbocycles. The molecule has 0 fully saturated rings. The Kier molecular flexibility index (Phi) is 5.81. The lowest BCUT2D eigenvalue weighted by Gasteiger charge is -1.72. The van der Waals surface area contributed by atoms with E-state index >= 15 is 0 Å². The lowest BCUT2D eigenvalue weighted by molar-refractivity contribution is -0.742. The van der Waals surface area contributed by atoms with Gasteiger partial charge in [-0.2, -0.15) is 0 Å². The Morgan fingerprint density at radius 3 is 1.30 bits per heavy atom. The second kappa shape index (κ2) is 5.28. The maximum Gasteiger partial charge on any atom is 0.414 e. The summed E-state index contributed by atoms with van der Waals surface area (Å²) < 4.78 is 0. The molecule has 0 radical (unpaired) electrons. The summed E-state index contributed by atoms with van der Waals surface area (Å²) in [7, 11) is 0. The summed E-state index contributed by atoms with van der Waals surface area (Å²) in [5.41, 5.74) is 0. The van der Waals surface area contributed by atoms with Crippen LogP contribution in [-0.4, -0.2) is 32.4 Å². The maximum absolute atomic E-state index is 9.10. The highest BCUT2D eigenvalue weighted by Gasteiger charge is 2.04. The number of carboxylic acids is 2. The van der Waals surface area contributed by atoms with Crippen LogP contribution in [0.1, 0.15) is 0 Å². The van der Waals surface area contributed by atoms with Crippen molar-refractivity contribution in [2.24, 2.45) is 0 Å². The Balaban J connectivity index is 0. The van der Waals surface area contributed by atoms with E-state index in [1.165, 1.54) is 0 Å². The summed E-state index contributed by atoms with van der Waals surface area (Å²) in [6.07, 6.45) is 0. The van der Waals surface area contributed by atoms with Crippen molar-refractivity contribution in [3.63, 3.8) is 0 Å². The van der Waals surface area contributed by atoms with Crippen LogP contribution in [0.15, 0.2) is 0 Å². The third-order valence-corrected chi connectivity index (χ3v) is 0.183. The van der Waals surface area contributed by atoms with Gasteiger partial charge in [0.05, 0.1) is 0 Å². The second-order valence-corrected chi connectivity index (χ2v) is 0.848. The molecule has 0 aliphatic heterocycles. The minimum atomic E-state index is -1.82. The molecule has 8 heteroatoms. The third kappa shape index (κ3) is 35.4. The van der Waals surface area contributed by atoms with Gasteiger partial charge in [0.2, 0.25) is 0 Å². The monoisotopic (exact) mass is 153 g/mol. The lowest BCUT2D eigenvalue weighted by atomic mass is 10.7. The van der Waals surface area contributed by atoms with Gasteiger partial charge in [0.25, 0.3) is 5.09 Å². The molecule has 10 heavy (non-hydrogen) atoms. The first-order valence-electron chi connectivity index (χ1n) is 1.67. The second-order valence-electron chi connectivity index (χ2n) is 0.848. The first-order valence-corrected chi connectivity index (χ1v) is 1.67. The highest BCUT2D eigenvalue weighted by molar-refractivity contribution is 6.27. The van der Waals surface area contributed by atoms with Crippen LogP contribution in [0.3, 0.4) is 0 Å². The molecule has 0 amide bonds. The van der Waals surface area contributed by atoms with Gasteiger partial charge in [-0.05, 0) is 0 Å². The van der Waals surface area contributed by atoms with Crippen LogP contribution in [-0.2, 0) is 9.59 Å². The van der Waals surface area contributed by atoms with E-state index in [2.05, 4.69) is 0 Å². The van der Waals surface area contributed by atoms with Crippen LogP contribution in [0.2, 0.25) is 0 Å². The molecular formula is C2H3NO7. The standard InChI is InChI=1S/C2H2O4.HNO3/c3-1(4)2(5)6;2-1(3)4/h(H,3,4)(H,5,6);(H,2,3,4). The average Bonchev–Trinajstić information content (AvgIpc) is 1.63. The van der Waals surface area contributed by atoms with Crippen LogP contribution < -0.4 is 0 Å². The number of hydrogen-bond acceptors (Lipinski definition) is 4. The lowest BCUT2D eigenvalue weighted by Crippen LogP contribution is -2.09. The number of nitrogens with zero attached hydrogens (tertiary/aromatic N) is 1. The topological polar surface area (TPSA) is 138 Å². The molecule has 0 aliphatic carbocycles. The van der Waals surface area contributed by atoms with Crippen molar-refractivity contribution in [2.75, 3.05) is 0 Å². The number of carboxylic acid groups (broad SMARTS) is 2. The van der Waals surface area contributed by atoms with Crippen LogP contribution in [0.4, 0.5) is 0 Å². The van der Waals surface area contributed by atoms with Crippen LogP contribution in [0, 0.1) is 10.1 Å². The largest absolute Gasteiger partial charge is 0.473 e. The smallest absolute Gasteiger partial charge is 0.414 e. The fourth-order valence-electron chi connectivity index (χ4n) is 0. The third-order valence-electron chi connectivity index (χ3n) is 0.183. The average molecular weight is 153 g/mol. The normalized spacial score (nSPS) is 6.80. The Bertz CT molecular complexity index is 134. The summed E-state index contributed by atoms with van der Waals surface area (Å²) in [6, 6.07) is 0. The van der Waals surface area contributed by atoms with Gasteiger partial charge in [-0.1, -0.05) is 0 Å². The fourth-order valence-corrected chi connectivity index (χ4v) is 0. The Morgan fingerprint density at radius 1 is 1.20 bits per heavy atom. The summed E-state index contributed by atoms with van der Waals surface area (Å²) in [4.78, 5) is 26.6. The molecule has 0 aliphatic rings. The van der Waals surface area contributed by atoms with Gasteiger partial charge in [0.1, 0.15) is 0 Å². The van der Waals surface area contributed by atoms with Gasteiger partial charge in [0, 0.05) is 0 Å². The molecule has 0 aromatic heterocycles. The van der Waals surface area contributed by atoms with E-state index in [0.29, 0.717) is 0 Å². The summed E-state index contributed by atoms with van der Waals surface area (Å²) in [5.74, 6) is -3.65. The highest BCUT2D eigenvalue weighted by atomic mass is 16.9. The first-order chi connectivity index (χ1) is 4.37. The van der Waals surface area contributed by atoms with Gasteiger partial charge in [0.15, 0.2) is 0 Å². The molecule has 0 spiro atoms. The molecule has 0 bridgehead atoms. The molecular weight excluding hydrogens is 150 g/mol. The van der Waals surface area contributed by atoms with E-state index < -0.39 is 17.0 Å². The SMILES string of the molecule is O=C(O)C(=O)O.O=[N+]([O-])O. The van der Waals surface area contributed by atoms with Crippen molar-refractivity contribution >= 4 is 11.9 Å². The van der Waals surface area contributed by atoms with Crippen molar-refractivity contribution in [1.29, 1.82) is 0 Å². The van der Waals surface area contributed by atoms with E-state index in [9.17, 15) is 0 Å². The minimum absolute atomic E-state index is 1.50. The summed E-state index contributed by atoms with van der Waals surface area (Å²) in [6.45, 7) is 0. The zero-order valence-corrected chi connectivity index (χ0v) is 4.42. The predicted molar refractivity (Wildman–Crippen MR) is 24.1 cm³/mol. The van der Waals surface area contributed by atoms with Gasteiger partial charge in [-0.3, -0.25) is 0 Å². The molecule has 0 aromatic carbocycles. The quantitative estimate of drug-likeness (QED) is 0.226. The van der Waals surface area contributed by atoms with E-state index in [4.69, 9.17) is 35.1 Å². The molecule has 0 atom stereocenters. The highest BCUT2D eigenvalue weighted by Crippen LogP contribution is 1.56. The molecule has 58 valence electrons. The Hall–Kier alpha value is -1.86. The molecule has 0 rings (SSSR count). The van der Waals surface area contributed by atoms with Crippen molar-refractivity contribution < 1.29 is 30.1 Å². The fraction of sp³-hybridized carbons (Fsp3) is 0. The van der Waals surface area contributed by atoms with E-state index in [0.717, 1.165) is 0 Å². The van der Waals surface area contributed by atoms with Gasteiger partial charge in [-0.15, -0.1) is 10.1 Å². The van der Waals surface area contributed by atoms with Crippen LogP contribution in [0.25, 0.3) is 0 Å². The first kappa shape index (κ1) is 11.0. The number of aliphatic carboxylic acids is 2. The summed E-state index contributed by atoms with van der Waals surface area (Å²) >= 11 is 0. The van der Waals surface area contributed by atoms with Gasteiger partial charge >= 0.3 is 11.9 Å². The Morgan fingerprint density at radius 2 is 1.30 bits per heavy atom. The molecule has 0 saturated heterocycles. The van der Waals surface area contributed by atoms with E-state index in [1.54, 1.807) is 0 Å². The van der Waals surface area contributed by atoms with Gasteiger partial charge in [-0.25, -0.2) is 9.59 Å². The minimum Gasteiger partial charge on any atom is -0.473 e. The van der Waals surface area contributed by atoms with E-state index in [1.807, 2.05) is 0 Å². The zero-order chi connectivity index (χ0) is 8.73. The van der Waals surface area contributed by atoms with Crippen LogP contribution in [0.5, 0.6) is 0 Å². The van der Waals surface area contributed by atoms with Gasteiger partial charge < -0.3 is 15.4 Å². The number of carbonyl (C=O) groups is 2. The molecule has 0 unspecified atom stereocenters. The van der Waals surface area contributed by atoms with Crippen molar-refractivity contribution in [2.45, 2.75) is 0 Å². The molecule has 0 aromatic rings. The predicted octanol–water partition coefficient (Wildman–Crippen LogP) is -1.19. The van der Waals surface area contributed by atoms with Crippen molar-refractivity contribution in [3.05, 3.63) is 10.1 Å². The van der Waals surface area contributed by atoms with E-state index in [-0.39, 0.29) is 0 Å². The molecule has 8 nitrogen and oxygen atoms in total. The van der Waals surface area contributed by atoms with Crippen LogP contribution >= 0.6 is 0 Å². The van der Waals surface area contributed by atoms with Crippen molar-refractivity contribution in [3.8, 4) is 0 Å². The molecule has 0 heterocycles. The molecule has 3 N–H and O–H groups in total. The van der Waals surface area contributed by atoms with Crippen molar-refractivity contribution in [1.82, 2.24) is 0 Å². The summed E-state index contributed by atoms with van der Waals surface area (Å²) in [5, 5.41) is 28.4. The Labute approximate surface area is 53.4 Å².